The number of fused-ring (bicyclic) bond motifs is 1. The molecule has 0 radical (unpaired) electrons. The second kappa shape index (κ2) is 11.0. The van der Waals surface area contributed by atoms with Crippen LogP contribution in [0.25, 0.3) is 11.1 Å². The highest BCUT2D eigenvalue weighted by Crippen LogP contribution is 2.41. The number of rotatable bonds is 9. The maximum absolute atomic E-state index is 5.93. The van der Waals surface area contributed by atoms with Crippen LogP contribution in [0, 0.1) is 0 Å². The van der Waals surface area contributed by atoms with Crippen molar-refractivity contribution < 1.29 is 18.9 Å². The molecule has 0 fully saturated rings. The molecule has 0 aliphatic carbocycles. The van der Waals surface area contributed by atoms with E-state index in [4.69, 9.17) is 18.9 Å². The average molecular weight is 446 g/mol. The van der Waals surface area contributed by atoms with E-state index in [1.807, 2.05) is 50.5 Å². The van der Waals surface area contributed by atoms with Crippen LogP contribution in [-0.4, -0.2) is 52.7 Å². The minimum Gasteiger partial charge on any atom is -0.493 e. The molecule has 0 atom stereocenters. The SMILES string of the molecule is COCOc1ccc(C(=C2CCOc3ccccc32)c2ccc(OCCN(C)C)cc2)cc1. The van der Waals surface area contributed by atoms with E-state index in [2.05, 4.69) is 41.3 Å². The number of nitrogens with zero attached hydrogens (tertiary/aromatic N) is 1. The fraction of sp³-hybridized carbons (Fsp3) is 0.286. The van der Waals surface area contributed by atoms with Gasteiger partial charge in [-0.05, 0) is 66.7 Å². The Hall–Kier alpha value is -3.28. The molecule has 1 heterocycles. The van der Waals surface area contributed by atoms with Crippen LogP contribution >= 0.6 is 0 Å². The third-order valence-electron chi connectivity index (χ3n) is 5.56. The zero-order valence-corrected chi connectivity index (χ0v) is 19.5. The van der Waals surface area contributed by atoms with Crippen LogP contribution in [0.5, 0.6) is 17.2 Å². The van der Waals surface area contributed by atoms with E-state index in [0.717, 1.165) is 46.9 Å². The molecule has 4 rings (SSSR count). The summed E-state index contributed by atoms with van der Waals surface area (Å²) >= 11 is 0. The second-order valence-electron chi connectivity index (χ2n) is 8.20. The highest BCUT2D eigenvalue weighted by Gasteiger charge is 2.21. The molecule has 0 saturated heterocycles. The summed E-state index contributed by atoms with van der Waals surface area (Å²) < 4.78 is 22.4. The van der Waals surface area contributed by atoms with E-state index in [1.165, 1.54) is 11.1 Å². The van der Waals surface area contributed by atoms with Gasteiger partial charge in [-0.2, -0.15) is 0 Å². The van der Waals surface area contributed by atoms with Crippen LogP contribution < -0.4 is 14.2 Å². The van der Waals surface area contributed by atoms with Crippen molar-refractivity contribution in [3.05, 3.63) is 89.5 Å². The van der Waals surface area contributed by atoms with Crippen molar-refractivity contribution in [2.45, 2.75) is 6.42 Å². The topological polar surface area (TPSA) is 40.2 Å². The Kier molecular flexibility index (Phi) is 7.66. The third-order valence-corrected chi connectivity index (χ3v) is 5.56. The summed E-state index contributed by atoms with van der Waals surface area (Å²) in [6, 6.07) is 24.8. The van der Waals surface area contributed by atoms with Crippen LogP contribution in [-0.2, 0) is 4.74 Å². The summed E-state index contributed by atoms with van der Waals surface area (Å²) in [4.78, 5) is 2.11. The third kappa shape index (κ3) is 5.75. The summed E-state index contributed by atoms with van der Waals surface area (Å²) in [5.41, 5.74) is 5.90. The van der Waals surface area contributed by atoms with Gasteiger partial charge in [-0.3, -0.25) is 0 Å². The molecule has 5 heteroatoms. The Morgan fingerprint density at radius 2 is 1.48 bits per heavy atom. The molecular weight excluding hydrogens is 414 g/mol. The predicted molar refractivity (Wildman–Crippen MR) is 132 cm³/mol. The lowest BCUT2D eigenvalue weighted by atomic mass is 9.87. The van der Waals surface area contributed by atoms with Gasteiger partial charge < -0.3 is 23.8 Å². The van der Waals surface area contributed by atoms with E-state index >= 15 is 0 Å². The Bertz CT molecular complexity index is 1070. The molecule has 5 nitrogen and oxygen atoms in total. The van der Waals surface area contributed by atoms with Crippen molar-refractivity contribution in [3.63, 3.8) is 0 Å². The number of hydrogen-bond donors (Lipinski definition) is 0. The Labute approximate surface area is 196 Å². The van der Waals surface area contributed by atoms with E-state index < -0.39 is 0 Å². The van der Waals surface area contributed by atoms with Gasteiger partial charge in [0.05, 0.1) is 6.61 Å². The molecule has 0 saturated carbocycles. The fourth-order valence-corrected chi connectivity index (χ4v) is 3.92. The Balaban J connectivity index is 1.72. The number of methoxy groups -OCH3 is 1. The monoisotopic (exact) mass is 445 g/mol. The minimum absolute atomic E-state index is 0.229. The summed E-state index contributed by atoms with van der Waals surface area (Å²) in [6.45, 7) is 2.43. The Morgan fingerprint density at radius 3 is 2.12 bits per heavy atom. The van der Waals surface area contributed by atoms with Crippen molar-refractivity contribution >= 4 is 11.1 Å². The minimum atomic E-state index is 0.229. The number of para-hydroxylation sites is 1. The zero-order valence-electron chi connectivity index (χ0n) is 19.5. The van der Waals surface area contributed by atoms with Gasteiger partial charge >= 0.3 is 0 Å². The summed E-state index contributed by atoms with van der Waals surface area (Å²) in [5, 5.41) is 0. The van der Waals surface area contributed by atoms with E-state index in [9.17, 15) is 0 Å². The molecule has 0 amide bonds. The molecule has 0 spiro atoms. The van der Waals surface area contributed by atoms with E-state index in [1.54, 1.807) is 7.11 Å². The first-order chi connectivity index (χ1) is 16.2. The van der Waals surface area contributed by atoms with Crippen LogP contribution in [0.3, 0.4) is 0 Å². The lowest BCUT2D eigenvalue weighted by Gasteiger charge is -2.24. The standard InChI is InChI=1S/C28H31NO4/c1-29(2)17-19-31-23-12-8-21(9-13-23)28(22-10-14-24(15-11-22)33-20-30-3)26-16-18-32-27-7-5-4-6-25(26)27/h4-15H,16-20H2,1-3H3. The smallest absolute Gasteiger partial charge is 0.188 e. The molecule has 0 bridgehead atoms. The molecule has 0 N–H and O–H groups in total. The molecule has 1 aliphatic heterocycles. The molecule has 172 valence electrons. The van der Waals surface area contributed by atoms with Crippen molar-refractivity contribution in [2.75, 3.05) is 47.8 Å². The zero-order chi connectivity index (χ0) is 23.0. The maximum Gasteiger partial charge on any atom is 0.188 e. The predicted octanol–water partition coefficient (Wildman–Crippen LogP) is 5.35. The number of benzene rings is 3. The first-order valence-electron chi connectivity index (χ1n) is 11.2. The molecule has 0 aromatic heterocycles. The normalized spacial score (nSPS) is 14.4. The number of ether oxygens (including phenoxy) is 4. The van der Waals surface area contributed by atoms with Crippen molar-refractivity contribution in [2.24, 2.45) is 0 Å². The van der Waals surface area contributed by atoms with Crippen LogP contribution in [0.1, 0.15) is 23.1 Å². The molecule has 33 heavy (non-hydrogen) atoms. The van der Waals surface area contributed by atoms with Crippen LogP contribution in [0.15, 0.2) is 72.8 Å². The lowest BCUT2D eigenvalue weighted by Crippen LogP contribution is -2.19. The summed E-state index contributed by atoms with van der Waals surface area (Å²) in [6.07, 6.45) is 0.843. The van der Waals surface area contributed by atoms with Crippen LogP contribution in [0.2, 0.25) is 0 Å². The van der Waals surface area contributed by atoms with Gasteiger partial charge in [0.25, 0.3) is 0 Å². The Morgan fingerprint density at radius 1 is 0.848 bits per heavy atom. The molecular formula is C28H31NO4. The lowest BCUT2D eigenvalue weighted by molar-refractivity contribution is 0.0511. The van der Waals surface area contributed by atoms with Gasteiger partial charge in [0.1, 0.15) is 23.9 Å². The van der Waals surface area contributed by atoms with Gasteiger partial charge in [-0.25, -0.2) is 0 Å². The summed E-state index contributed by atoms with van der Waals surface area (Å²) in [7, 11) is 5.71. The second-order valence-corrected chi connectivity index (χ2v) is 8.20. The van der Waals surface area contributed by atoms with Gasteiger partial charge in [-0.1, -0.05) is 42.5 Å². The van der Waals surface area contributed by atoms with Gasteiger partial charge in [0.2, 0.25) is 0 Å². The molecule has 3 aromatic carbocycles. The number of hydrogen-bond acceptors (Lipinski definition) is 5. The van der Waals surface area contributed by atoms with Crippen molar-refractivity contribution in [1.29, 1.82) is 0 Å². The molecule has 0 unspecified atom stereocenters. The maximum atomic E-state index is 5.93. The highest BCUT2D eigenvalue weighted by atomic mass is 16.7. The average Bonchev–Trinajstić information content (AvgIpc) is 2.84. The van der Waals surface area contributed by atoms with Gasteiger partial charge in [-0.15, -0.1) is 0 Å². The quantitative estimate of drug-likeness (QED) is 0.415. The first kappa shape index (κ1) is 22.9. The van der Waals surface area contributed by atoms with Gasteiger partial charge in [0.15, 0.2) is 6.79 Å². The molecule has 1 aliphatic rings. The largest absolute Gasteiger partial charge is 0.493 e. The van der Waals surface area contributed by atoms with Gasteiger partial charge in [0, 0.05) is 25.6 Å². The van der Waals surface area contributed by atoms with E-state index in [0.29, 0.717) is 13.2 Å². The van der Waals surface area contributed by atoms with Crippen LogP contribution in [0.4, 0.5) is 0 Å². The van der Waals surface area contributed by atoms with E-state index in [-0.39, 0.29) is 6.79 Å². The fourth-order valence-electron chi connectivity index (χ4n) is 3.92. The number of likely N-dealkylation sites (N-methyl/N-ethyl adjacent to an activating group) is 1. The first-order valence-corrected chi connectivity index (χ1v) is 11.2. The molecule has 3 aromatic rings. The van der Waals surface area contributed by atoms with Crippen molar-refractivity contribution in [3.8, 4) is 17.2 Å². The van der Waals surface area contributed by atoms with Crippen molar-refractivity contribution in [1.82, 2.24) is 4.90 Å². The summed E-state index contributed by atoms with van der Waals surface area (Å²) in [5.74, 6) is 2.59. The highest BCUT2D eigenvalue weighted by molar-refractivity contribution is 6.00.